The van der Waals surface area contributed by atoms with Crippen LogP contribution in [0.25, 0.3) is 0 Å². The maximum absolute atomic E-state index is 11.7. The summed E-state index contributed by atoms with van der Waals surface area (Å²) in [5.74, 6) is -0.750. The number of nitriles is 1. The van der Waals surface area contributed by atoms with E-state index in [1.165, 1.54) is 24.5 Å². The number of pyridine rings is 1. The summed E-state index contributed by atoms with van der Waals surface area (Å²) in [7, 11) is 0. The van der Waals surface area contributed by atoms with Crippen LogP contribution in [0.5, 0.6) is 0 Å². The lowest BCUT2D eigenvalue weighted by Crippen LogP contribution is -2.28. The van der Waals surface area contributed by atoms with Gasteiger partial charge in [-0.25, -0.2) is 4.79 Å². The first-order chi connectivity index (χ1) is 10.7. The van der Waals surface area contributed by atoms with Crippen LogP contribution in [0.15, 0.2) is 48.8 Å². The summed E-state index contributed by atoms with van der Waals surface area (Å²) < 4.78 is 5.04. The average Bonchev–Trinajstić information content (AvgIpc) is 2.59. The molecule has 0 aliphatic rings. The second-order valence-electron chi connectivity index (χ2n) is 4.32. The van der Waals surface area contributed by atoms with Crippen LogP contribution >= 0.6 is 0 Å². The minimum Gasteiger partial charge on any atom is -0.460 e. The molecule has 1 aromatic heterocycles. The SMILES string of the molecule is N#Cc1ccc(C(=O)OCCNC(=O)c2ccncc2)cc1. The van der Waals surface area contributed by atoms with Crippen LogP contribution in [0, 0.1) is 11.3 Å². The molecule has 0 unspecified atom stereocenters. The van der Waals surface area contributed by atoms with Crippen molar-refractivity contribution in [2.24, 2.45) is 0 Å². The molecule has 2 rings (SSSR count). The van der Waals surface area contributed by atoms with E-state index in [0.717, 1.165) is 0 Å². The lowest BCUT2D eigenvalue weighted by molar-refractivity contribution is 0.0503. The molecule has 0 aliphatic heterocycles. The first kappa shape index (κ1) is 15.2. The number of rotatable bonds is 5. The van der Waals surface area contributed by atoms with E-state index in [9.17, 15) is 9.59 Å². The second kappa shape index (κ2) is 7.55. The third-order valence-corrected chi connectivity index (χ3v) is 2.81. The lowest BCUT2D eigenvalue weighted by Gasteiger charge is -2.06. The smallest absolute Gasteiger partial charge is 0.338 e. The normalized spacial score (nSPS) is 9.59. The number of carbonyl (C=O) groups excluding carboxylic acids is 2. The van der Waals surface area contributed by atoms with Gasteiger partial charge < -0.3 is 10.1 Å². The summed E-state index contributed by atoms with van der Waals surface area (Å²) >= 11 is 0. The van der Waals surface area contributed by atoms with E-state index < -0.39 is 5.97 Å². The molecule has 0 aliphatic carbocycles. The summed E-state index contributed by atoms with van der Waals surface area (Å²) in [6.45, 7) is 0.277. The molecule has 6 nitrogen and oxygen atoms in total. The van der Waals surface area contributed by atoms with Crippen LogP contribution in [0.1, 0.15) is 26.3 Å². The highest BCUT2D eigenvalue weighted by Crippen LogP contribution is 2.04. The summed E-state index contributed by atoms with van der Waals surface area (Å²) in [6, 6.07) is 11.3. The highest BCUT2D eigenvalue weighted by Gasteiger charge is 2.08. The number of carbonyl (C=O) groups is 2. The monoisotopic (exact) mass is 295 g/mol. The van der Waals surface area contributed by atoms with Crippen molar-refractivity contribution < 1.29 is 14.3 Å². The molecule has 0 saturated carbocycles. The number of benzene rings is 1. The van der Waals surface area contributed by atoms with Crippen molar-refractivity contribution in [3.05, 3.63) is 65.5 Å². The maximum atomic E-state index is 11.7. The molecule has 1 aromatic carbocycles. The summed E-state index contributed by atoms with van der Waals surface area (Å²) in [6.07, 6.45) is 3.06. The van der Waals surface area contributed by atoms with E-state index in [-0.39, 0.29) is 19.1 Å². The molecular formula is C16H13N3O3. The summed E-state index contributed by atoms with van der Waals surface area (Å²) in [5.41, 5.74) is 1.33. The van der Waals surface area contributed by atoms with Gasteiger partial charge in [-0.3, -0.25) is 9.78 Å². The number of amides is 1. The Morgan fingerprint density at radius 3 is 2.41 bits per heavy atom. The predicted molar refractivity (Wildman–Crippen MR) is 78.0 cm³/mol. The molecule has 22 heavy (non-hydrogen) atoms. The molecule has 0 saturated heterocycles. The van der Waals surface area contributed by atoms with Crippen LogP contribution in [0.4, 0.5) is 0 Å². The number of ether oxygens (including phenoxy) is 1. The molecule has 2 aromatic rings. The Morgan fingerprint density at radius 2 is 1.77 bits per heavy atom. The van der Waals surface area contributed by atoms with Crippen LogP contribution in [-0.4, -0.2) is 30.0 Å². The maximum Gasteiger partial charge on any atom is 0.338 e. The van der Waals surface area contributed by atoms with Crippen molar-refractivity contribution in [3.63, 3.8) is 0 Å². The molecule has 0 fully saturated rings. The van der Waals surface area contributed by atoms with Gasteiger partial charge in [-0.15, -0.1) is 0 Å². The minimum atomic E-state index is -0.498. The summed E-state index contributed by atoms with van der Waals surface area (Å²) in [4.78, 5) is 27.3. The average molecular weight is 295 g/mol. The molecule has 0 bridgehead atoms. The first-order valence-corrected chi connectivity index (χ1v) is 6.56. The molecule has 0 radical (unpaired) electrons. The Hall–Kier alpha value is -3.20. The zero-order chi connectivity index (χ0) is 15.8. The molecule has 1 amide bonds. The Balaban J connectivity index is 1.75. The quantitative estimate of drug-likeness (QED) is 0.667. The topological polar surface area (TPSA) is 92.1 Å². The standard InChI is InChI=1S/C16H13N3O3/c17-11-12-1-3-14(4-2-12)16(21)22-10-9-19-15(20)13-5-7-18-8-6-13/h1-8H,9-10H2,(H,19,20). The predicted octanol–water partition coefficient (Wildman–Crippen LogP) is 1.54. The van der Waals surface area contributed by atoms with E-state index in [4.69, 9.17) is 10.00 Å². The third-order valence-electron chi connectivity index (χ3n) is 2.81. The minimum absolute atomic E-state index is 0.0651. The van der Waals surface area contributed by atoms with Gasteiger partial charge in [0.05, 0.1) is 23.7 Å². The molecular weight excluding hydrogens is 282 g/mol. The number of nitrogens with one attached hydrogen (secondary N) is 1. The Bertz CT molecular complexity index is 691. The van der Waals surface area contributed by atoms with E-state index in [0.29, 0.717) is 16.7 Å². The van der Waals surface area contributed by atoms with Gasteiger partial charge in [0.15, 0.2) is 0 Å². The van der Waals surface area contributed by atoms with Crippen molar-refractivity contribution >= 4 is 11.9 Å². The van der Waals surface area contributed by atoms with Gasteiger partial charge in [0, 0.05) is 18.0 Å². The fourth-order valence-corrected chi connectivity index (χ4v) is 1.68. The van der Waals surface area contributed by atoms with Gasteiger partial charge >= 0.3 is 5.97 Å². The fraction of sp³-hybridized carbons (Fsp3) is 0.125. The van der Waals surface area contributed by atoms with Crippen molar-refractivity contribution in [1.82, 2.24) is 10.3 Å². The van der Waals surface area contributed by atoms with E-state index in [2.05, 4.69) is 10.3 Å². The number of esters is 1. The van der Waals surface area contributed by atoms with E-state index in [1.54, 1.807) is 24.3 Å². The van der Waals surface area contributed by atoms with Crippen molar-refractivity contribution in [2.75, 3.05) is 13.2 Å². The second-order valence-corrected chi connectivity index (χ2v) is 4.32. The van der Waals surface area contributed by atoms with Gasteiger partial charge in [-0.2, -0.15) is 5.26 Å². The zero-order valence-electron chi connectivity index (χ0n) is 11.7. The van der Waals surface area contributed by atoms with E-state index in [1.807, 2.05) is 6.07 Å². The lowest BCUT2D eigenvalue weighted by atomic mass is 10.1. The van der Waals surface area contributed by atoms with Crippen LogP contribution < -0.4 is 5.32 Å². The van der Waals surface area contributed by atoms with Gasteiger partial charge in [0.25, 0.3) is 5.91 Å². The van der Waals surface area contributed by atoms with Crippen LogP contribution in [0.2, 0.25) is 0 Å². The molecule has 6 heteroatoms. The third kappa shape index (κ3) is 4.15. The number of hydrogen-bond acceptors (Lipinski definition) is 5. The largest absolute Gasteiger partial charge is 0.460 e. The molecule has 110 valence electrons. The molecule has 1 N–H and O–H groups in total. The number of nitrogens with zero attached hydrogens (tertiary/aromatic N) is 2. The Labute approximate surface area is 127 Å². The number of hydrogen-bond donors (Lipinski definition) is 1. The zero-order valence-corrected chi connectivity index (χ0v) is 11.7. The highest BCUT2D eigenvalue weighted by atomic mass is 16.5. The Morgan fingerprint density at radius 1 is 1.09 bits per heavy atom. The first-order valence-electron chi connectivity index (χ1n) is 6.56. The van der Waals surface area contributed by atoms with Gasteiger partial charge in [-0.05, 0) is 36.4 Å². The molecule has 0 spiro atoms. The highest BCUT2D eigenvalue weighted by molar-refractivity contribution is 5.94. The van der Waals surface area contributed by atoms with E-state index >= 15 is 0 Å². The van der Waals surface area contributed by atoms with Crippen LogP contribution in [-0.2, 0) is 4.74 Å². The van der Waals surface area contributed by atoms with Crippen molar-refractivity contribution in [3.8, 4) is 6.07 Å². The van der Waals surface area contributed by atoms with Crippen molar-refractivity contribution in [2.45, 2.75) is 0 Å². The summed E-state index contributed by atoms with van der Waals surface area (Å²) in [5, 5.41) is 11.3. The fourth-order valence-electron chi connectivity index (χ4n) is 1.68. The van der Waals surface area contributed by atoms with Crippen LogP contribution in [0.3, 0.4) is 0 Å². The van der Waals surface area contributed by atoms with Gasteiger partial charge in [0.2, 0.25) is 0 Å². The van der Waals surface area contributed by atoms with Crippen molar-refractivity contribution in [1.29, 1.82) is 5.26 Å². The van der Waals surface area contributed by atoms with Gasteiger partial charge in [0.1, 0.15) is 6.61 Å². The molecule has 1 heterocycles. The Kier molecular flexibility index (Phi) is 5.21. The number of aromatic nitrogens is 1. The van der Waals surface area contributed by atoms with Gasteiger partial charge in [-0.1, -0.05) is 0 Å². The molecule has 0 atom stereocenters.